The zero-order valence-electron chi connectivity index (χ0n) is 10.7. The van der Waals surface area contributed by atoms with E-state index in [1.54, 1.807) is 0 Å². The summed E-state index contributed by atoms with van der Waals surface area (Å²) in [6.45, 7) is 3.40. The topological polar surface area (TPSA) is 80.0 Å². The molecule has 1 fully saturated rings. The number of pyridine rings is 1. The molecule has 5 heteroatoms. The van der Waals surface area contributed by atoms with E-state index >= 15 is 0 Å². The molecule has 1 aromatic rings. The first-order chi connectivity index (χ1) is 8.66. The Bertz CT molecular complexity index is 429. The molecule has 0 aliphatic heterocycles. The van der Waals surface area contributed by atoms with Crippen LogP contribution in [0.25, 0.3) is 0 Å². The van der Waals surface area contributed by atoms with E-state index in [1.165, 1.54) is 0 Å². The van der Waals surface area contributed by atoms with Gasteiger partial charge >= 0.3 is 0 Å². The molecule has 0 unspecified atom stereocenters. The smallest absolute Gasteiger partial charge is 0.223 e. The lowest BCUT2D eigenvalue weighted by atomic mass is 10.3. The Balaban J connectivity index is 1.62. The Morgan fingerprint density at radius 3 is 2.89 bits per heavy atom. The molecule has 18 heavy (non-hydrogen) atoms. The van der Waals surface area contributed by atoms with Crippen LogP contribution in [0, 0.1) is 12.8 Å². The van der Waals surface area contributed by atoms with Crippen LogP contribution in [0.15, 0.2) is 12.1 Å². The number of aromatic nitrogens is 1. The summed E-state index contributed by atoms with van der Waals surface area (Å²) in [7, 11) is 0. The van der Waals surface area contributed by atoms with E-state index < -0.39 is 0 Å². The SMILES string of the molecule is Cc1nc(NCCCNC(=O)C2CC2)ccc1N. The van der Waals surface area contributed by atoms with Crippen molar-refractivity contribution in [2.24, 2.45) is 5.92 Å². The zero-order chi connectivity index (χ0) is 13.0. The fourth-order valence-corrected chi connectivity index (χ4v) is 1.68. The molecule has 98 valence electrons. The Kier molecular flexibility index (Phi) is 4.02. The second kappa shape index (κ2) is 5.71. The molecule has 0 spiro atoms. The van der Waals surface area contributed by atoms with Crippen molar-refractivity contribution < 1.29 is 4.79 Å². The highest BCUT2D eigenvalue weighted by Gasteiger charge is 2.28. The molecule has 4 N–H and O–H groups in total. The molecule has 0 saturated heterocycles. The number of aryl methyl sites for hydroxylation is 1. The molecule has 1 saturated carbocycles. The molecule has 1 heterocycles. The summed E-state index contributed by atoms with van der Waals surface area (Å²) in [4.78, 5) is 15.7. The third-order valence-corrected chi connectivity index (χ3v) is 3.03. The lowest BCUT2D eigenvalue weighted by Crippen LogP contribution is -2.27. The van der Waals surface area contributed by atoms with Gasteiger partial charge in [-0.1, -0.05) is 0 Å². The number of nitrogen functional groups attached to an aromatic ring is 1. The van der Waals surface area contributed by atoms with Crippen molar-refractivity contribution in [3.05, 3.63) is 17.8 Å². The molecule has 0 atom stereocenters. The van der Waals surface area contributed by atoms with Gasteiger partial charge in [0.15, 0.2) is 0 Å². The number of hydrogen-bond acceptors (Lipinski definition) is 4. The summed E-state index contributed by atoms with van der Waals surface area (Å²) < 4.78 is 0. The van der Waals surface area contributed by atoms with Crippen LogP contribution in [0.3, 0.4) is 0 Å². The van der Waals surface area contributed by atoms with E-state index in [9.17, 15) is 4.79 Å². The van der Waals surface area contributed by atoms with Gasteiger partial charge in [-0.25, -0.2) is 4.98 Å². The Morgan fingerprint density at radius 1 is 1.44 bits per heavy atom. The number of rotatable bonds is 6. The van der Waals surface area contributed by atoms with Crippen LogP contribution >= 0.6 is 0 Å². The number of carbonyl (C=O) groups is 1. The van der Waals surface area contributed by atoms with E-state index in [-0.39, 0.29) is 5.91 Å². The largest absolute Gasteiger partial charge is 0.397 e. The van der Waals surface area contributed by atoms with Gasteiger partial charge in [0.05, 0.1) is 11.4 Å². The predicted octanol–water partition coefficient (Wildman–Crippen LogP) is 1.30. The molecule has 0 bridgehead atoms. The molecule has 0 aromatic carbocycles. The number of amides is 1. The minimum Gasteiger partial charge on any atom is -0.397 e. The van der Waals surface area contributed by atoms with Gasteiger partial charge in [0.25, 0.3) is 0 Å². The van der Waals surface area contributed by atoms with E-state index in [4.69, 9.17) is 5.73 Å². The summed E-state index contributed by atoms with van der Waals surface area (Å²) >= 11 is 0. The summed E-state index contributed by atoms with van der Waals surface area (Å²) in [5, 5.41) is 6.15. The molecular weight excluding hydrogens is 228 g/mol. The van der Waals surface area contributed by atoms with Gasteiger partial charge in [0.2, 0.25) is 5.91 Å². The average molecular weight is 248 g/mol. The van der Waals surface area contributed by atoms with Gasteiger partial charge in [-0.15, -0.1) is 0 Å². The number of carbonyl (C=O) groups excluding carboxylic acids is 1. The van der Waals surface area contributed by atoms with E-state index in [2.05, 4.69) is 15.6 Å². The maximum Gasteiger partial charge on any atom is 0.223 e. The summed E-state index contributed by atoms with van der Waals surface area (Å²) in [6, 6.07) is 3.71. The van der Waals surface area contributed by atoms with Crippen molar-refractivity contribution in [3.63, 3.8) is 0 Å². The second-order valence-electron chi connectivity index (χ2n) is 4.72. The molecular formula is C13H20N4O. The van der Waals surface area contributed by atoms with E-state index in [1.807, 2.05) is 19.1 Å². The molecule has 1 aliphatic carbocycles. The summed E-state index contributed by atoms with van der Waals surface area (Å²) in [6.07, 6.45) is 3.00. The first-order valence-electron chi connectivity index (χ1n) is 6.41. The summed E-state index contributed by atoms with van der Waals surface area (Å²) in [5.41, 5.74) is 7.24. The van der Waals surface area contributed by atoms with Gasteiger partial charge in [-0.3, -0.25) is 4.79 Å². The number of nitrogens with zero attached hydrogens (tertiary/aromatic N) is 1. The van der Waals surface area contributed by atoms with Crippen LogP contribution < -0.4 is 16.4 Å². The Labute approximate surface area is 107 Å². The molecule has 5 nitrogen and oxygen atoms in total. The van der Waals surface area contributed by atoms with Crippen molar-refractivity contribution >= 4 is 17.4 Å². The molecule has 2 rings (SSSR count). The lowest BCUT2D eigenvalue weighted by Gasteiger charge is -2.08. The fraction of sp³-hybridized carbons (Fsp3) is 0.538. The van der Waals surface area contributed by atoms with Crippen LogP contribution in [0.2, 0.25) is 0 Å². The van der Waals surface area contributed by atoms with Crippen molar-refractivity contribution in [2.45, 2.75) is 26.2 Å². The maximum atomic E-state index is 11.4. The third kappa shape index (κ3) is 3.61. The number of nitrogens with one attached hydrogen (secondary N) is 2. The Morgan fingerprint density at radius 2 is 2.22 bits per heavy atom. The quantitative estimate of drug-likeness (QED) is 0.663. The molecule has 1 amide bonds. The first kappa shape index (κ1) is 12.7. The lowest BCUT2D eigenvalue weighted by molar-refractivity contribution is -0.122. The fourth-order valence-electron chi connectivity index (χ4n) is 1.68. The van der Waals surface area contributed by atoms with Crippen LogP contribution in [0.4, 0.5) is 11.5 Å². The first-order valence-corrected chi connectivity index (χ1v) is 6.41. The van der Waals surface area contributed by atoms with E-state index in [0.29, 0.717) is 11.6 Å². The van der Waals surface area contributed by atoms with Crippen molar-refractivity contribution in [3.8, 4) is 0 Å². The highest BCUT2D eigenvalue weighted by atomic mass is 16.2. The van der Waals surface area contributed by atoms with Crippen LogP contribution in [0.5, 0.6) is 0 Å². The number of anilines is 2. The number of hydrogen-bond donors (Lipinski definition) is 3. The van der Waals surface area contributed by atoms with Crippen LogP contribution in [-0.4, -0.2) is 24.0 Å². The van der Waals surface area contributed by atoms with E-state index in [0.717, 1.165) is 43.9 Å². The zero-order valence-corrected chi connectivity index (χ0v) is 10.7. The van der Waals surface area contributed by atoms with Crippen LogP contribution in [-0.2, 0) is 4.79 Å². The van der Waals surface area contributed by atoms with Gasteiger partial charge in [0.1, 0.15) is 5.82 Å². The van der Waals surface area contributed by atoms with Gasteiger partial charge in [0, 0.05) is 19.0 Å². The Hall–Kier alpha value is -1.78. The highest BCUT2D eigenvalue weighted by molar-refractivity contribution is 5.80. The third-order valence-electron chi connectivity index (χ3n) is 3.03. The molecule has 0 radical (unpaired) electrons. The van der Waals surface area contributed by atoms with Gasteiger partial charge < -0.3 is 16.4 Å². The second-order valence-corrected chi connectivity index (χ2v) is 4.72. The normalized spacial score (nSPS) is 14.3. The molecule has 1 aromatic heterocycles. The maximum absolute atomic E-state index is 11.4. The predicted molar refractivity (Wildman–Crippen MR) is 72.2 cm³/mol. The standard InChI is InChI=1S/C13H20N4O/c1-9-11(14)5-6-12(17-9)15-7-2-8-16-13(18)10-3-4-10/h5-6,10H,2-4,7-8,14H2,1H3,(H,15,17)(H,16,18). The van der Waals surface area contributed by atoms with Crippen molar-refractivity contribution in [2.75, 3.05) is 24.1 Å². The monoisotopic (exact) mass is 248 g/mol. The molecule has 1 aliphatic rings. The van der Waals surface area contributed by atoms with Crippen molar-refractivity contribution in [1.82, 2.24) is 10.3 Å². The van der Waals surface area contributed by atoms with Crippen molar-refractivity contribution in [1.29, 1.82) is 0 Å². The average Bonchev–Trinajstić information content (AvgIpc) is 3.17. The van der Waals surface area contributed by atoms with Gasteiger partial charge in [-0.2, -0.15) is 0 Å². The summed E-state index contributed by atoms with van der Waals surface area (Å²) in [5.74, 6) is 1.33. The minimum atomic E-state index is 0.205. The van der Waals surface area contributed by atoms with Gasteiger partial charge in [-0.05, 0) is 38.3 Å². The highest BCUT2D eigenvalue weighted by Crippen LogP contribution is 2.28. The van der Waals surface area contributed by atoms with Crippen LogP contribution in [0.1, 0.15) is 25.0 Å². The number of nitrogens with two attached hydrogens (primary N) is 1. The minimum absolute atomic E-state index is 0.205.